The number of benzene rings is 5. The second-order valence-corrected chi connectivity index (χ2v) is 15.3. The van der Waals surface area contributed by atoms with Gasteiger partial charge in [-0.25, -0.2) is 14.6 Å². The molecule has 8 heteroatoms. The van der Waals surface area contributed by atoms with E-state index in [9.17, 15) is 19.5 Å². The summed E-state index contributed by atoms with van der Waals surface area (Å²) in [5.41, 5.74) is 9.17. The predicted octanol–water partition coefficient (Wildman–Crippen LogP) is 11.1. The van der Waals surface area contributed by atoms with Crippen molar-refractivity contribution < 1.29 is 24.6 Å². The number of thiazole rings is 1. The van der Waals surface area contributed by atoms with Crippen LogP contribution in [0.2, 0.25) is 0 Å². The van der Waals surface area contributed by atoms with Crippen molar-refractivity contribution in [3.05, 3.63) is 154 Å². The minimum Gasteiger partial charge on any atom is -0.478 e. The molecular weight excluding hydrogens is 669 g/mol. The maximum atomic E-state index is 13.1. The van der Waals surface area contributed by atoms with E-state index in [2.05, 4.69) is 88.2 Å². The molecule has 6 rings (SSSR count). The second kappa shape index (κ2) is 15.6. The summed E-state index contributed by atoms with van der Waals surface area (Å²) in [6.07, 6.45) is 0. The number of nitrogens with one attached hydrogen (secondary N) is 1. The lowest BCUT2D eigenvalue weighted by Crippen LogP contribution is -2.13. The largest absolute Gasteiger partial charge is 0.478 e. The van der Waals surface area contributed by atoms with Crippen LogP contribution in [0, 0.1) is 0 Å². The van der Waals surface area contributed by atoms with Crippen molar-refractivity contribution in [1.82, 2.24) is 4.98 Å². The van der Waals surface area contributed by atoms with Gasteiger partial charge in [-0.15, -0.1) is 11.3 Å². The highest BCUT2D eigenvalue weighted by Gasteiger charge is 2.17. The molecule has 0 spiro atoms. The summed E-state index contributed by atoms with van der Waals surface area (Å²) in [7, 11) is 0. The number of rotatable bonds is 7. The maximum absolute atomic E-state index is 13.1. The van der Waals surface area contributed by atoms with E-state index in [-0.39, 0.29) is 21.7 Å². The minimum absolute atomic E-state index is 0.0505. The third-order valence-electron chi connectivity index (χ3n) is 8.58. The normalized spacial score (nSPS) is 11.3. The van der Waals surface area contributed by atoms with Gasteiger partial charge in [0.2, 0.25) is 5.01 Å². The Balaban J connectivity index is 0.000000233. The first kappa shape index (κ1) is 37.4. The number of hydrogen-bond acceptors (Lipinski definition) is 5. The van der Waals surface area contributed by atoms with Crippen LogP contribution in [0.1, 0.15) is 83.2 Å². The molecule has 0 saturated heterocycles. The maximum Gasteiger partial charge on any atom is 0.365 e. The van der Waals surface area contributed by atoms with Gasteiger partial charge in [-0.2, -0.15) is 0 Å². The summed E-state index contributed by atoms with van der Waals surface area (Å²) >= 11 is 1.09. The highest BCUT2D eigenvalue weighted by atomic mass is 32.1. The Morgan fingerprint density at radius 2 is 1.00 bits per heavy atom. The van der Waals surface area contributed by atoms with Crippen LogP contribution in [0.5, 0.6) is 0 Å². The fourth-order valence-corrected chi connectivity index (χ4v) is 6.24. The van der Waals surface area contributed by atoms with E-state index in [0.29, 0.717) is 22.5 Å². The average molecular weight is 711 g/mol. The topological polar surface area (TPSA) is 117 Å². The van der Waals surface area contributed by atoms with Crippen molar-refractivity contribution in [2.24, 2.45) is 0 Å². The molecule has 0 atom stereocenters. The van der Waals surface area contributed by atoms with Crippen LogP contribution in [0.15, 0.2) is 127 Å². The molecule has 1 aromatic heterocycles. The molecule has 0 aliphatic rings. The van der Waals surface area contributed by atoms with Crippen molar-refractivity contribution >= 4 is 34.9 Å². The molecule has 6 aromatic rings. The molecule has 0 saturated carbocycles. The van der Waals surface area contributed by atoms with Crippen LogP contribution in [0.3, 0.4) is 0 Å². The zero-order valence-corrected chi connectivity index (χ0v) is 30.9. The molecule has 0 fully saturated rings. The van der Waals surface area contributed by atoms with Crippen molar-refractivity contribution in [3.63, 3.8) is 0 Å². The minimum atomic E-state index is -1.04. The van der Waals surface area contributed by atoms with Gasteiger partial charge in [0.15, 0.2) is 0 Å². The van der Waals surface area contributed by atoms with E-state index >= 15 is 0 Å². The Morgan fingerprint density at radius 3 is 1.44 bits per heavy atom. The van der Waals surface area contributed by atoms with Crippen LogP contribution in [-0.4, -0.2) is 33.0 Å². The van der Waals surface area contributed by atoms with Crippen molar-refractivity contribution in [2.75, 3.05) is 5.32 Å². The Hall–Kier alpha value is -5.86. The fraction of sp³-hybridized carbons (Fsp3) is 0.182. The van der Waals surface area contributed by atoms with E-state index in [0.717, 1.165) is 39.2 Å². The van der Waals surface area contributed by atoms with E-state index in [1.807, 2.05) is 60.7 Å². The predicted molar refractivity (Wildman–Crippen MR) is 211 cm³/mol. The summed E-state index contributed by atoms with van der Waals surface area (Å²) in [6.45, 7) is 13.0. The summed E-state index contributed by atoms with van der Waals surface area (Å²) < 4.78 is 0. The molecule has 1 amide bonds. The number of carboxylic acids is 2. The van der Waals surface area contributed by atoms with E-state index < -0.39 is 11.9 Å². The summed E-state index contributed by atoms with van der Waals surface area (Å²) in [6, 6.07) is 38.3. The first-order valence-corrected chi connectivity index (χ1v) is 17.7. The number of carbonyl (C=O) groups is 3. The Bertz CT molecular complexity index is 2190. The number of hydrogen-bond donors (Lipinski definition) is 3. The fourth-order valence-electron chi connectivity index (χ4n) is 5.58. The second-order valence-electron chi connectivity index (χ2n) is 14.4. The number of aromatic nitrogens is 1. The SMILES string of the molecule is CC(C)(C)c1ccc(-c2ccccc2C(=O)Nc2ccc(-c3csc(C(=O)O)n3)cc2)cc1.CC(C)(C)c1ccc(-c2ccccc2C(=O)O)cc1. The molecule has 0 radical (unpaired) electrons. The van der Waals surface area contributed by atoms with Gasteiger partial charge in [0, 0.05) is 22.2 Å². The molecule has 0 bridgehead atoms. The number of aromatic carboxylic acids is 2. The number of nitrogens with zero attached hydrogens (tertiary/aromatic N) is 1. The molecule has 0 unspecified atom stereocenters. The molecule has 5 aromatic carbocycles. The molecule has 3 N–H and O–H groups in total. The smallest absolute Gasteiger partial charge is 0.365 e. The summed E-state index contributed by atoms with van der Waals surface area (Å²) in [5.74, 6) is -2.13. The zero-order chi connectivity index (χ0) is 37.6. The van der Waals surface area contributed by atoms with Gasteiger partial charge < -0.3 is 15.5 Å². The number of amides is 1. The molecular formula is C44H42N2O5S. The van der Waals surface area contributed by atoms with Gasteiger partial charge in [0.05, 0.1) is 11.3 Å². The Labute approximate surface area is 308 Å². The van der Waals surface area contributed by atoms with Gasteiger partial charge in [-0.05, 0) is 68.5 Å². The van der Waals surface area contributed by atoms with E-state index in [1.54, 1.807) is 29.6 Å². The van der Waals surface area contributed by atoms with Crippen LogP contribution in [0.4, 0.5) is 5.69 Å². The lowest BCUT2D eigenvalue weighted by Gasteiger charge is -2.19. The number of carbonyl (C=O) groups excluding carboxylic acids is 1. The van der Waals surface area contributed by atoms with Gasteiger partial charge in [0.25, 0.3) is 5.91 Å². The van der Waals surface area contributed by atoms with Crippen LogP contribution < -0.4 is 5.32 Å². The number of carboxylic acid groups (broad SMARTS) is 2. The summed E-state index contributed by atoms with van der Waals surface area (Å²) in [5, 5.41) is 23.0. The highest BCUT2D eigenvalue weighted by Crippen LogP contribution is 2.30. The van der Waals surface area contributed by atoms with Crippen molar-refractivity contribution in [1.29, 1.82) is 0 Å². The van der Waals surface area contributed by atoms with Gasteiger partial charge in [0.1, 0.15) is 0 Å². The van der Waals surface area contributed by atoms with E-state index in [4.69, 9.17) is 5.11 Å². The van der Waals surface area contributed by atoms with Crippen molar-refractivity contribution in [3.8, 4) is 33.5 Å². The van der Waals surface area contributed by atoms with Gasteiger partial charge in [-0.3, -0.25) is 4.79 Å². The molecule has 7 nitrogen and oxygen atoms in total. The Morgan fingerprint density at radius 1 is 0.558 bits per heavy atom. The lowest BCUT2D eigenvalue weighted by molar-refractivity contribution is 0.0686. The monoisotopic (exact) mass is 710 g/mol. The van der Waals surface area contributed by atoms with Crippen molar-refractivity contribution in [2.45, 2.75) is 52.4 Å². The third kappa shape index (κ3) is 9.08. The zero-order valence-electron chi connectivity index (χ0n) is 30.1. The van der Waals surface area contributed by atoms with Crippen LogP contribution in [-0.2, 0) is 10.8 Å². The standard InChI is InChI=1S/C27H24N2O3S.C17H18O2/c1-27(2,3)19-12-8-17(9-13-19)21-6-4-5-7-22(21)24(30)28-20-14-10-18(11-15-20)23-16-33-25(29-23)26(31)32;1-17(2,3)13-10-8-12(9-11-13)14-6-4-5-7-15(14)16(18)19/h4-16H,1-3H3,(H,28,30)(H,31,32);4-11H,1-3H3,(H,18,19). The summed E-state index contributed by atoms with van der Waals surface area (Å²) in [4.78, 5) is 39.5. The molecule has 1 heterocycles. The molecule has 52 heavy (non-hydrogen) atoms. The average Bonchev–Trinajstić information content (AvgIpc) is 3.63. The van der Waals surface area contributed by atoms with Gasteiger partial charge >= 0.3 is 11.9 Å². The molecule has 0 aliphatic heterocycles. The Kier molecular flexibility index (Phi) is 11.2. The van der Waals surface area contributed by atoms with E-state index in [1.165, 1.54) is 11.1 Å². The van der Waals surface area contributed by atoms with Gasteiger partial charge in [-0.1, -0.05) is 139 Å². The molecule has 0 aliphatic carbocycles. The van der Waals surface area contributed by atoms with Crippen LogP contribution in [0.25, 0.3) is 33.5 Å². The quantitative estimate of drug-likeness (QED) is 0.152. The van der Waals surface area contributed by atoms with Crippen LogP contribution >= 0.6 is 11.3 Å². The lowest BCUT2D eigenvalue weighted by atomic mass is 9.86. The highest BCUT2D eigenvalue weighted by molar-refractivity contribution is 7.11. The first-order chi connectivity index (χ1) is 24.6. The molecule has 264 valence electrons. The first-order valence-electron chi connectivity index (χ1n) is 16.9. The third-order valence-corrected chi connectivity index (χ3v) is 9.41. The number of anilines is 1.